The van der Waals surface area contributed by atoms with Crippen LogP contribution in [0.5, 0.6) is 0 Å². The highest BCUT2D eigenvalue weighted by molar-refractivity contribution is 7.99. The van der Waals surface area contributed by atoms with Crippen LogP contribution in [0.3, 0.4) is 0 Å². The first-order valence-electron chi connectivity index (χ1n) is 5.16. The monoisotopic (exact) mass is 290 g/mol. The summed E-state index contributed by atoms with van der Waals surface area (Å²) in [6, 6.07) is 3.38. The molecule has 1 heterocycles. The van der Waals surface area contributed by atoms with E-state index in [1.165, 1.54) is 0 Å². The van der Waals surface area contributed by atoms with Crippen molar-refractivity contribution in [1.29, 1.82) is 0 Å². The van der Waals surface area contributed by atoms with Gasteiger partial charge in [0, 0.05) is 11.6 Å². The lowest BCUT2D eigenvalue weighted by molar-refractivity contribution is -0.117. The van der Waals surface area contributed by atoms with Crippen molar-refractivity contribution in [1.82, 2.24) is 5.32 Å². The Morgan fingerprint density at radius 2 is 2.29 bits per heavy atom. The summed E-state index contributed by atoms with van der Waals surface area (Å²) in [4.78, 5) is 11.9. The number of benzene rings is 1. The standard InChI is InChI=1S/C11H12Cl2N2OS/c1-6-2-3-7(12)10(9(6)13)15-11(16)8-4-17-5-14-8/h2-3,8,14H,4-5H2,1H3,(H,15,16). The molecule has 1 aliphatic heterocycles. The fourth-order valence-electron chi connectivity index (χ4n) is 1.55. The maximum absolute atomic E-state index is 11.9. The molecule has 3 nitrogen and oxygen atoms in total. The third kappa shape index (κ3) is 2.88. The molecule has 1 aliphatic rings. The molecular weight excluding hydrogens is 279 g/mol. The lowest BCUT2D eigenvalue weighted by atomic mass is 10.2. The average molecular weight is 291 g/mol. The molecule has 0 saturated carbocycles. The molecule has 92 valence electrons. The quantitative estimate of drug-likeness (QED) is 0.880. The predicted octanol–water partition coefficient (Wildman–Crippen LogP) is 2.90. The molecule has 1 atom stereocenters. The second kappa shape index (κ2) is 5.48. The number of thioether (sulfide) groups is 1. The molecule has 0 aliphatic carbocycles. The summed E-state index contributed by atoms with van der Waals surface area (Å²) in [7, 11) is 0. The molecule has 1 aromatic rings. The van der Waals surface area contributed by atoms with Gasteiger partial charge in [0.15, 0.2) is 0 Å². The van der Waals surface area contributed by atoms with Crippen LogP contribution in [0.15, 0.2) is 12.1 Å². The first-order chi connectivity index (χ1) is 8.09. The molecule has 2 rings (SSSR count). The zero-order valence-corrected chi connectivity index (χ0v) is 11.5. The van der Waals surface area contributed by atoms with E-state index in [0.29, 0.717) is 15.7 Å². The Balaban J connectivity index is 2.17. The molecule has 1 aromatic carbocycles. The molecule has 0 spiro atoms. The van der Waals surface area contributed by atoms with Crippen LogP contribution in [-0.2, 0) is 4.79 Å². The molecule has 1 unspecified atom stereocenters. The Kier molecular flexibility index (Phi) is 4.20. The van der Waals surface area contributed by atoms with Crippen LogP contribution in [0, 0.1) is 6.92 Å². The number of carbonyl (C=O) groups is 1. The Labute approximate surface area is 114 Å². The van der Waals surface area contributed by atoms with E-state index in [1.807, 2.05) is 13.0 Å². The predicted molar refractivity (Wildman–Crippen MR) is 74.1 cm³/mol. The van der Waals surface area contributed by atoms with Gasteiger partial charge in [-0.3, -0.25) is 10.1 Å². The first kappa shape index (κ1) is 13.0. The van der Waals surface area contributed by atoms with Gasteiger partial charge in [0.1, 0.15) is 0 Å². The van der Waals surface area contributed by atoms with Crippen LogP contribution >= 0.6 is 35.0 Å². The Bertz CT molecular complexity index is 447. The van der Waals surface area contributed by atoms with E-state index in [2.05, 4.69) is 10.6 Å². The molecule has 0 aromatic heterocycles. The summed E-state index contributed by atoms with van der Waals surface area (Å²) in [6.45, 7) is 1.87. The highest BCUT2D eigenvalue weighted by atomic mass is 35.5. The maximum Gasteiger partial charge on any atom is 0.242 e. The molecule has 2 N–H and O–H groups in total. The Morgan fingerprint density at radius 1 is 1.53 bits per heavy atom. The van der Waals surface area contributed by atoms with Crippen LogP contribution in [-0.4, -0.2) is 23.6 Å². The normalized spacial score (nSPS) is 19.4. The van der Waals surface area contributed by atoms with Crippen molar-refractivity contribution in [2.45, 2.75) is 13.0 Å². The summed E-state index contributed by atoms with van der Waals surface area (Å²) in [5.74, 6) is 1.48. The van der Waals surface area contributed by atoms with Gasteiger partial charge in [0.25, 0.3) is 0 Å². The van der Waals surface area contributed by atoms with E-state index >= 15 is 0 Å². The van der Waals surface area contributed by atoms with Crippen molar-refractivity contribution >= 4 is 46.6 Å². The maximum atomic E-state index is 11.9. The zero-order valence-electron chi connectivity index (χ0n) is 9.22. The lowest BCUT2D eigenvalue weighted by Gasteiger charge is -2.14. The molecule has 6 heteroatoms. The summed E-state index contributed by atoms with van der Waals surface area (Å²) >= 11 is 13.8. The molecular formula is C11H12Cl2N2OS. The van der Waals surface area contributed by atoms with Gasteiger partial charge >= 0.3 is 0 Å². The number of hydrogen-bond donors (Lipinski definition) is 2. The summed E-state index contributed by atoms with van der Waals surface area (Å²) in [5, 5.41) is 6.83. The number of hydrogen-bond acceptors (Lipinski definition) is 3. The fourth-order valence-corrected chi connectivity index (χ4v) is 2.95. The number of halogens is 2. The summed E-state index contributed by atoms with van der Waals surface area (Å²) in [6.07, 6.45) is 0. The highest BCUT2D eigenvalue weighted by Crippen LogP contribution is 2.33. The molecule has 0 radical (unpaired) electrons. The Morgan fingerprint density at radius 3 is 2.94 bits per heavy atom. The van der Waals surface area contributed by atoms with E-state index in [4.69, 9.17) is 23.2 Å². The van der Waals surface area contributed by atoms with Crippen LogP contribution in [0.1, 0.15) is 5.56 Å². The van der Waals surface area contributed by atoms with Crippen molar-refractivity contribution in [2.75, 3.05) is 16.9 Å². The topological polar surface area (TPSA) is 41.1 Å². The van der Waals surface area contributed by atoms with Crippen molar-refractivity contribution in [3.63, 3.8) is 0 Å². The van der Waals surface area contributed by atoms with E-state index in [1.54, 1.807) is 17.8 Å². The lowest BCUT2D eigenvalue weighted by Crippen LogP contribution is -2.37. The second-order valence-corrected chi connectivity index (χ2v) is 5.63. The van der Waals surface area contributed by atoms with E-state index in [0.717, 1.165) is 17.2 Å². The molecule has 0 bridgehead atoms. The summed E-state index contributed by atoms with van der Waals surface area (Å²) < 4.78 is 0. The number of nitrogens with one attached hydrogen (secondary N) is 2. The van der Waals surface area contributed by atoms with Gasteiger partial charge in [-0.15, -0.1) is 11.8 Å². The SMILES string of the molecule is Cc1ccc(Cl)c(NC(=O)C2CSCN2)c1Cl. The van der Waals surface area contributed by atoms with Crippen molar-refractivity contribution in [3.8, 4) is 0 Å². The van der Waals surface area contributed by atoms with Crippen molar-refractivity contribution < 1.29 is 4.79 Å². The minimum atomic E-state index is -0.173. The smallest absolute Gasteiger partial charge is 0.242 e. The van der Waals surface area contributed by atoms with E-state index < -0.39 is 0 Å². The highest BCUT2D eigenvalue weighted by Gasteiger charge is 2.23. The minimum absolute atomic E-state index is 0.0931. The van der Waals surface area contributed by atoms with Crippen LogP contribution in [0.25, 0.3) is 0 Å². The second-order valence-electron chi connectivity index (χ2n) is 3.81. The van der Waals surface area contributed by atoms with E-state index in [9.17, 15) is 4.79 Å². The van der Waals surface area contributed by atoms with Crippen molar-refractivity contribution in [3.05, 3.63) is 27.7 Å². The first-order valence-corrected chi connectivity index (χ1v) is 7.07. The number of amides is 1. The fraction of sp³-hybridized carbons (Fsp3) is 0.364. The van der Waals surface area contributed by atoms with Gasteiger partial charge in [-0.05, 0) is 18.6 Å². The number of anilines is 1. The number of aryl methyl sites for hydroxylation is 1. The molecule has 1 saturated heterocycles. The average Bonchev–Trinajstić information content (AvgIpc) is 2.83. The largest absolute Gasteiger partial charge is 0.322 e. The summed E-state index contributed by atoms with van der Waals surface area (Å²) in [5.41, 5.74) is 1.39. The van der Waals surface area contributed by atoms with Crippen LogP contribution in [0.4, 0.5) is 5.69 Å². The Hall–Kier alpha value is -0.420. The van der Waals surface area contributed by atoms with Gasteiger partial charge in [-0.2, -0.15) is 0 Å². The van der Waals surface area contributed by atoms with Gasteiger partial charge in [0.05, 0.1) is 21.8 Å². The molecule has 1 amide bonds. The van der Waals surface area contributed by atoms with E-state index in [-0.39, 0.29) is 11.9 Å². The molecule has 17 heavy (non-hydrogen) atoms. The number of carbonyl (C=O) groups excluding carboxylic acids is 1. The third-order valence-electron chi connectivity index (χ3n) is 2.57. The van der Waals surface area contributed by atoms with Crippen LogP contribution < -0.4 is 10.6 Å². The van der Waals surface area contributed by atoms with Gasteiger partial charge in [0.2, 0.25) is 5.91 Å². The minimum Gasteiger partial charge on any atom is -0.322 e. The zero-order chi connectivity index (χ0) is 12.4. The third-order valence-corrected chi connectivity index (χ3v) is 4.31. The van der Waals surface area contributed by atoms with Gasteiger partial charge in [-0.25, -0.2) is 0 Å². The number of rotatable bonds is 2. The van der Waals surface area contributed by atoms with Crippen LogP contribution in [0.2, 0.25) is 10.0 Å². The molecule has 1 fully saturated rings. The van der Waals surface area contributed by atoms with Gasteiger partial charge < -0.3 is 5.32 Å². The van der Waals surface area contributed by atoms with Crippen molar-refractivity contribution in [2.24, 2.45) is 0 Å². The van der Waals surface area contributed by atoms with Gasteiger partial charge in [-0.1, -0.05) is 29.3 Å².